The van der Waals surface area contributed by atoms with Crippen molar-refractivity contribution in [2.24, 2.45) is 5.41 Å². The Kier molecular flexibility index (Phi) is 13.6. The van der Waals surface area contributed by atoms with E-state index in [4.69, 9.17) is 16.3 Å². The lowest BCUT2D eigenvalue weighted by Gasteiger charge is -2.39. The van der Waals surface area contributed by atoms with E-state index in [9.17, 15) is 13.2 Å². The van der Waals surface area contributed by atoms with Gasteiger partial charge in [-0.3, -0.25) is 9.69 Å². The standard InChI is InChI=1S/C51H63ClN6O4S/c1-6-57(7-2)41-14-12-40(13-15-41)54-47-21-18-44(30-35(47)3)63(60,61)55-50(59)45-19-16-42(32-49(45)62-43-17-20-48-37(31-43)23-25-53-48)58-28-26-56(27-29-58)34-38-22-24-51(4,5)33-46(38)36-8-10-39(52)11-9-36/h8-11,16-21,23,25,30-32,40-41,53-54H,6-7,12-15,22,24,26-29,33-34H2,1-5H3,(H,55,59). The molecule has 0 bridgehead atoms. The Bertz CT molecular complexity index is 2550. The first-order chi connectivity index (χ1) is 30.3. The first-order valence-corrected chi connectivity index (χ1v) is 24.6. The zero-order chi connectivity index (χ0) is 44.3. The number of hydrogen-bond acceptors (Lipinski definition) is 8. The molecule has 8 rings (SSSR count). The number of benzene rings is 4. The van der Waals surface area contributed by atoms with Gasteiger partial charge in [0.1, 0.15) is 11.5 Å². The molecule has 0 spiro atoms. The minimum Gasteiger partial charge on any atom is -0.456 e. The molecule has 2 heterocycles. The summed E-state index contributed by atoms with van der Waals surface area (Å²) in [5, 5.41) is 5.38. The van der Waals surface area contributed by atoms with Crippen molar-refractivity contribution in [3.63, 3.8) is 0 Å². The Hall–Kier alpha value is -4.81. The first-order valence-electron chi connectivity index (χ1n) is 22.8. The van der Waals surface area contributed by atoms with Gasteiger partial charge in [-0.25, -0.2) is 13.1 Å². The Balaban J connectivity index is 0.968. The minimum atomic E-state index is -4.21. The van der Waals surface area contributed by atoms with E-state index in [0.29, 0.717) is 17.8 Å². The van der Waals surface area contributed by atoms with E-state index < -0.39 is 15.9 Å². The fourth-order valence-corrected chi connectivity index (χ4v) is 11.0. The van der Waals surface area contributed by atoms with Gasteiger partial charge in [-0.1, -0.05) is 57.0 Å². The van der Waals surface area contributed by atoms with Crippen molar-refractivity contribution in [2.45, 2.75) is 96.5 Å². The summed E-state index contributed by atoms with van der Waals surface area (Å²) >= 11 is 6.26. The molecule has 1 saturated heterocycles. The summed E-state index contributed by atoms with van der Waals surface area (Å²) in [6.07, 6.45) is 9.59. The molecule has 10 nitrogen and oxygen atoms in total. The van der Waals surface area contributed by atoms with Crippen molar-refractivity contribution >= 4 is 55.4 Å². The van der Waals surface area contributed by atoms with Crippen LogP contribution in [0.1, 0.15) is 94.1 Å². The fourth-order valence-electron chi connectivity index (χ4n) is 9.85. The van der Waals surface area contributed by atoms with Gasteiger partial charge in [-0.05, 0) is 154 Å². The molecule has 0 unspecified atom stereocenters. The summed E-state index contributed by atoms with van der Waals surface area (Å²) in [5.41, 5.74) is 8.21. The first kappa shape index (κ1) is 44.8. The number of anilines is 2. The number of amides is 1. The predicted octanol–water partition coefficient (Wildman–Crippen LogP) is 10.9. The van der Waals surface area contributed by atoms with Crippen molar-refractivity contribution in [2.75, 3.05) is 56.0 Å². The second-order valence-electron chi connectivity index (χ2n) is 18.5. The molecule has 3 N–H and O–H groups in total. The van der Waals surface area contributed by atoms with Crippen molar-refractivity contribution in [1.29, 1.82) is 0 Å². The van der Waals surface area contributed by atoms with Crippen LogP contribution in [0, 0.1) is 12.3 Å². The number of aryl methyl sites for hydroxylation is 1. The number of nitrogens with zero attached hydrogens (tertiary/aromatic N) is 3. The van der Waals surface area contributed by atoms with Gasteiger partial charge in [0.05, 0.1) is 10.5 Å². The number of ether oxygens (including phenoxy) is 1. The minimum absolute atomic E-state index is 0.0343. The molecule has 3 aliphatic rings. The van der Waals surface area contributed by atoms with Crippen LogP contribution < -0.4 is 19.7 Å². The summed E-state index contributed by atoms with van der Waals surface area (Å²) in [4.78, 5) is 24.7. The van der Waals surface area contributed by atoms with Gasteiger partial charge < -0.3 is 24.8 Å². The third-order valence-electron chi connectivity index (χ3n) is 13.6. The molecule has 0 radical (unpaired) electrons. The highest BCUT2D eigenvalue weighted by atomic mass is 35.5. The number of H-pyrrole nitrogens is 1. The van der Waals surface area contributed by atoms with Crippen LogP contribution in [-0.2, 0) is 10.0 Å². The van der Waals surface area contributed by atoms with Gasteiger partial charge in [0.15, 0.2) is 0 Å². The maximum Gasteiger partial charge on any atom is 0.268 e. The Morgan fingerprint density at radius 1 is 0.905 bits per heavy atom. The molecule has 2 fully saturated rings. The number of rotatable bonds is 14. The predicted molar refractivity (Wildman–Crippen MR) is 258 cm³/mol. The summed E-state index contributed by atoms with van der Waals surface area (Å²) in [5.74, 6) is 0.0718. The van der Waals surface area contributed by atoms with E-state index in [-0.39, 0.29) is 21.6 Å². The van der Waals surface area contributed by atoms with Gasteiger partial charge in [-0.15, -0.1) is 0 Å². The third kappa shape index (κ3) is 10.6. The van der Waals surface area contributed by atoms with Crippen molar-refractivity contribution in [3.05, 3.63) is 118 Å². The van der Waals surface area contributed by atoms with Crippen LogP contribution in [0.2, 0.25) is 5.02 Å². The monoisotopic (exact) mass is 890 g/mol. The molecule has 63 heavy (non-hydrogen) atoms. The highest BCUT2D eigenvalue weighted by molar-refractivity contribution is 7.90. The molecular formula is C51H63ClN6O4S. The number of carbonyl (C=O) groups excluding carboxylic acids is 1. The Morgan fingerprint density at radius 2 is 1.65 bits per heavy atom. The summed E-state index contributed by atoms with van der Waals surface area (Å²) in [7, 11) is -4.21. The van der Waals surface area contributed by atoms with Crippen LogP contribution in [0.3, 0.4) is 0 Å². The largest absolute Gasteiger partial charge is 0.456 e. The number of nitrogens with one attached hydrogen (secondary N) is 3. The van der Waals surface area contributed by atoms with E-state index >= 15 is 0 Å². The van der Waals surface area contributed by atoms with Crippen molar-refractivity contribution in [1.82, 2.24) is 19.5 Å². The molecule has 5 aromatic rings. The van der Waals surface area contributed by atoms with Crippen LogP contribution in [0.25, 0.3) is 16.5 Å². The number of sulfonamides is 1. The Morgan fingerprint density at radius 3 is 2.37 bits per heavy atom. The maximum absolute atomic E-state index is 14.0. The highest BCUT2D eigenvalue weighted by Crippen LogP contribution is 2.43. The number of aromatic amines is 1. The average Bonchev–Trinajstić information content (AvgIpc) is 3.74. The highest BCUT2D eigenvalue weighted by Gasteiger charge is 2.31. The topological polar surface area (TPSA) is 110 Å². The molecule has 12 heteroatoms. The summed E-state index contributed by atoms with van der Waals surface area (Å²) in [6.45, 7) is 17.5. The van der Waals surface area contributed by atoms with Gasteiger partial charge in [-0.2, -0.15) is 0 Å². The van der Waals surface area contributed by atoms with Crippen LogP contribution >= 0.6 is 11.6 Å². The van der Waals surface area contributed by atoms with Gasteiger partial charge in [0, 0.05) is 84.4 Å². The summed E-state index contributed by atoms with van der Waals surface area (Å²) < 4.78 is 36.5. The number of fused-ring (bicyclic) bond motifs is 1. The zero-order valence-corrected chi connectivity index (χ0v) is 39.0. The van der Waals surface area contributed by atoms with Crippen LogP contribution in [0.4, 0.5) is 11.4 Å². The van der Waals surface area contributed by atoms with Crippen LogP contribution in [0.15, 0.2) is 102 Å². The zero-order valence-electron chi connectivity index (χ0n) is 37.5. The molecule has 1 aliphatic heterocycles. The maximum atomic E-state index is 14.0. The average molecular weight is 892 g/mol. The van der Waals surface area contributed by atoms with Gasteiger partial charge in [0.2, 0.25) is 0 Å². The number of carbonyl (C=O) groups is 1. The molecule has 1 saturated carbocycles. The third-order valence-corrected chi connectivity index (χ3v) is 15.2. The Labute approximate surface area is 379 Å². The second kappa shape index (κ2) is 19.1. The van der Waals surface area contributed by atoms with E-state index in [1.165, 1.54) is 23.1 Å². The lowest BCUT2D eigenvalue weighted by Crippen LogP contribution is -2.47. The van der Waals surface area contributed by atoms with Crippen molar-refractivity contribution in [3.8, 4) is 11.5 Å². The number of halogens is 1. The molecule has 1 amide bonds. The fraction of sp³-hybridized carbons (Fsp3) is 0.431. The van der Waals surface area contributed by atoms with E-state index in [2.05, 4.69) is 69.6 Å². The van der Waals surface area contributed by atoms with E-state index in [1.807, 2.05) is 67.7 Å². The molecule has 2 aliphatic carbocycles. The summed E-state index contributed by atoms with van der Waals surface area (Å²) in [6, 6.07) is 27.3. The molecular weight excluding hydrogens is 828 g/mol. The van der Waals surface area contributed by atoms with Crippen LogP contribution in [0.5, 0.6) is 11.5 Å². The SMILES string of the molecule is CCN(CC)C1CCC(Nc2ccc(S(=O)(=O)NC(=O)c3ccc(N4CCN(CC5=C(c6ccc(Cl)cc6)CC(C)(C)CC5)CC4)cc3Oc3ccc4[nH]ccc4c3)cc2C)CC1. The van der Waals surface area contributed by atoms with E-state index in [0.717, 1.165) is 117 Å². The molecule has 4 aromatic carbocycles. The van der Waals surface area contributed by atoms with Crippen LogP contribution in [-0.4, -0.2) is 87.0 Å². The lowest BCUT2D eigenvalue weighted by molar-refractivity contribution is 0.0979. The molecule has 1 aromatic heterocycles. The lowest BCUT2D eigenvalue weighted by atomic mass is 9.72. The second-order valence-corrected chi connectivity index (χ2v) is 20.6. The van der Waals surface area contributed by atoms with Crippen molar-refractivity contribution < 1.29 is 17.9 Å². The quantitative estimate of drug-likeness (QED) is 0.101. The van der Waals surface area contributed by atoms with Gasteiger partial charge >= 0.3 is 0 Å². The molecule has 334 valence electrons. The number of hydrogen-bond donors (Lipinski definition) is 3. The normalized spacial score (nSPS) is 19.7. The van der Waals surface area contributed by atoms with Gasteiger partial charge in [0.25, 0.3) is 15.9 Å². The number of aromatic nitrogens is 1. The number of piperazine rings is 1. The van der Waals surface area contributed by atoms with E-state index in [1.54, 1.807) is 18.2 Å². The smallest absolute Gasteiger partial charge is 0.268 e. The number of allylic oxidation sites excluding steroid dienone is 1. The molecule has 0 atom stereocenters.